The summed E-state index contributed by atoms with van der Waals surface area (Å²) in [5.41, 5.74) is 0.377. The summed E-state index contributed by atoms with van der Waals surface area (Å²) in [6, 6.07) is 11.2. The van der Waals surface area contributed by atoms with Crippen molar-refractivity contribution >= 4 is 66.2 Å². The maximum Gasteiger partial charge on any atom is 0.349 e. The first-order valence-electron chi connectivity index (χ1n) is 8.45. The van der Waals surface area contributed by atoms with E-state index < -0.39 is 16.5 Å². The Labute approximate surface area is 185 Å². The van der Waals surface area contributed by atoms with Crippen molar-refractivity contribution in [2.75, 3.05) is 12.3 Å². The lowest BCUT2D eigenvalue weighted by Gasteiger charge is -2.23. The third-order valence-electron chi connectivity index (χ3n) is 4.52. The molecular formula is C19H12Br2N2O5S. The van der Waals surface area contributed by atoms with Crippen molar-refractivity contribution < 1.29 is 14.1 Å². The van der Waals surface area contributed by atoms with Gasteiger partial charge < -0.3 is 9.32 Å². The zero-order chi connectivity index (χ0) is 20.7. The number of hydrogen-bond donors (Lipinski definition) is 0. The van der Waals surface area contributed by atoms with Crippen LogP contribution in [0.4, 0.5) is 5.69 Å². The third-order valence-corrected chi connectivity index (χ3v) is 6.83. The van der Waals surface area contributed by atoms with E-state index in [1.54, 1.807) is 40.9 Å². The molecule has 7 nitrogen and oxygen atoms in total. The van der Waals surface area contributed by atoms with Crippen molar-refractivity contribution in [3.8, 4) is 0 Å². The molecule has 0 unspecified atom stereocenters. The highest BCUT2D eigenvalue weighted by atomic mass is 79.9. The molecule has 0 spiro atoms. The molecule has 0 N–H and O–H groups in total. The van der Waals surface area contributed by atoms with Crippen LogP contribution in [-0.4, -0.2) is 28.0 Å². The Morgan fingerprint density at radius 3 is 2.62 bits per heavy atom. The molecule has 4 rings (SSSR count). The second-order valence-electron chi connectivity index (χ2n) is 6.32. The standard InChI is InChI=1S/C19H12Br2N2O5S/c20-12-7-11-8-14(19(25)28-16(11)15(21)9-12)17(24)22-5-6-29-18(22)10-1-3-13(4-2-10)23(26)27/h1-4,7-9,18H,5-6H2/t18-/m0/s1. The highest BCUT2D eigenvalue weighted by molar-refractivity contribution is 9.11. The van der Waals surface area contributed by atoms with Crippen LogP contribution in [0.25, 0.3) is 11.0 Å². The first-order chi connectivity index (χ1) is 13.8. The number of nitrogens with zero attached hydrogens (tertiary/aromatic N) is 2. The number of benzene rings is 2. The molecule has 0 saturated carbocycles. The SMILES string of the molecule is O=C(c1cc2cc(Br)cc(Br)c2oc1=O)N1CCS[C@H]1c1ccc([N+](=O)[O-])cc1. The van der Waals surface area contributed by atoms with Crippen LogP contribution in [0.2, 0.25) is 0 Å². The van der Waals surface area contributed by atoms with Gasteiger partial charge in [-0.1, -0.05) is 15.9 Å². The maximum absolute atomic E-state index is 13.2. The zero-order valence-corrected chi connectivity index (χ0v) is 18.6. The Kier molecular flexibility index (Phi) is 5.50. The summed E-state index contributed by atoms with van der Waals surface area (Å²) in [7, 11) is 0. The van der Waals surface area contributed by atoms with E-state index in [-0.39, 0.29) is 16.6 Å². The van der Waals surface area contributed by atoms with E-state index in [0.717, 1.165) is 10.0 Å². The van der Waals surface area contributed by atoms with Crippen LogP contribution in [0.1, 0.15) is 21.3 Å². The van der Waals surface area contributed by atoms with Crippen molar-refractivity contribution in [3.63, 3.8) is 0 Å². The summed E-state index contributed by atoms with van der Waals surface area (Å²) in [6.45, 7) is 0.463. The van der Waals surface area contributed by atoms with Crippen LogP contribution in [0, 0.1) is 10.1 Å². The first-order valence-corrected chi connectivity index (χ1v) is 11.1. The normalized spacial score (nSPS) is 16.3. The number of rotatable bonds is 3. The lowest BCUT2D eigenvalue weighted by atomic mass is 10.1. The Balaban J connectivity index is 1.70. The van der Waals surface area contributed by atoms with E-state index in [4.69, 9.17) is 4.42 Å². The lowest BCUT2D eigenvalue weighted by molar-refractivity contribution is -0.384. The molecule has 0 bridgehead atoms. The van der Waals surface area contributed by atoms with Crippen molar-refractivity contribution in [3.05, 3.63) is 83.1 Å². The summed E-state index contributed by atoms with van der Waals surface area (Å²) >= 11 is 8.29. The Bertz CT molecular complexity index is 1200. The van der Waals surface area contributed by atoms with Crippen LogP contribution in [0.3, 0.4) is 0 Å². The van der Waals surface area contributed by atoms with Gasteiger partial charge in [0.25, 0.3) is 11.6 Å². The molecule has 1 amide bonds. The number of nitro benzene ring substituents is 1. The van der Waals surface area contributed by atoms with Gasteiger partial charge in [0.1, 0.15) is 10.9 Å². The molecule has 148 valence electrons. The van der Waals surface area contributed by atoms with Crippen molar-refractivity contribution in [2.24, 2.45) is 0 Å². The van der Waals surface area contributed by atoms with Crippen molar-refractivity contribution in [1.29, 1.82) is 0 Å². The Hall–Kier alpha value is -2.17. The number of non-ortho nitro benzene ring substituents is 1. The topological polar surface area (TPSA) is 93.7 Å². The molecular weight excluding hydrogens is 528 g/mol. The van der Waals surface area contributed by atoms with E-state index in [9.17, 15) is 19.7 Å². The van der Waals surface area contributed by atoms with Crippen LogP contribution in [0.15, 0.2) is 60.6 Å². The van der Waals surface area contributed by atoms with Gasteiger partial charge in [-0.05, 0) is 51.8 Å². The molecule has 1 saturated heterocycles. The molecule has 0 radical (unpaired) electrons. The van der Waals surface area contributed by atoms with Gasteiger partial charge in [-0.25, -0.2) is 4.79 Å². The summed E-state index contributed by atoms with van der Waals surface area (Å²) in [4.78, 5) is 37.7. The summed E-state index contributed by atoms with van der Waals surface area (Å²) in [5.74, 6) is 0.272. The molecule has 3 aromatic rings. The van der Waals surface area contributed by atoms with Gasteiger partial charge in [0.05, 0.1) is 9.40 Å². The minimum Gasteiger partial charge on any atom is -0.421 e. The second kappa shape index (κ2) is 7.92. The van der Waals surface area contributed by atoms with E-state index in [0.29, 0.717) is 27.7 Å². The molecule has 1 aliphatic rings. The zero-order valence-electron chi connectivity index (χ0n) is 14.6. The average molecular weight is 540 g/mol. The van der Waals surface area contributed by atoms with Crippen molar-refractivity contribution in [2.45, 2.75) is 5.37 Å². The van der Waals surface area contributed by atoms with Crippen LogP contribution < -0.4 is 5.63 Å². The van der Waals surface area contributed by atoms with Gasteiger partial charge >= 0.3 is 5.63 Å². The highest BCUT2D eigenvalue weighted by Crippen LogP contribution is 2.39. The predicted octanol–water partition coefficient (Wildman–Crippen LogP) is 5.11. The summed E-state index contributed by atoms with van der Waals surface area (Å²) < 4.78 is 6.78. The second-order valence-corrected chi connectivity index (χ2v) is 9.28. The number of carbonyl (C=O) groups excluding carboxylic acids is 1. The molecule has 1 aliphatic heterocycles. The van der Waals surface area contributed by atoms with E-state index in [1.165, 1.54) is 18.2 Å². The van der Waals surface area contributed by atoms with Gasteiger partial charge in [0, 0.05) is 34.3 Å². The maximum atomic E-state index is 13.2. The van der Waals surface area contributed by atoms with E-state index in [1.807, 2.05) is 0 Å². The number of amides is 1. The van der Waals surface area contributed by atoms with E-state index >= 15 is 0 Å². The van der Waals surface area contributed by atoms with Gasteiger partial charge in [-0.3, -0.25) is 14.9 Å². The number of halogens is 2. The quantitative estimate of drug-likeness (QED) is 0.261. The summed E-state index contributed by atoms with van der Waals surface area (Å²) in [6.07, 6.45) is 0. The van der Waals surface area contributed by atoms with Crippen LogP contribution in [0.5, 0.6) is 0 Å². The Morgan fingerprint density at radius 1 is 1.21 bits per heavy atom. The fourth-order valence-corrected chi connectivity index (χ4v) is 5.77. The Morgan fingerprint density at radius 2 is 1.93 bits per heavy atom. The molecule has 1 fully saturated rings. The van der Waals surface area contributed by atoms with Crippen molar-refractivity contribution in [1.82, 2.24) is 4.90 Å². The molecule has 29 heavy (non-hydrogen) atoms. The average Bonchev–Trinajstić information content (AvgIpc) is 3.17. The third kappa shape index (κ3) is 3.84. The van der Waals surface area contributed by atoms with Gasteiger partial charge in [0.15, 0.2) is 5.58 Å². The first kappa shape index (κ1) is 20.1. The van der Waals surface area contributed by atoms with Crippen LogP contribution in [-0.2, 0) is 0 Å². The number of hydrogen-bond acceptors (Lipinski definition) is 6. The number of thioether (sulfide) groups is 1. The molecule has 2 heterocycles. The molecule has 0 aliphatic carbocycles. The monoisotopic (exact) mass is 538 g/mol. The van der Waals surface area contributed by atoms with Gasteiger partial charge in [-0.2, -0.15) is 0 Å². The number of fused-ring (bicyclic) bond motifs is 1. The molecule has 1 atom stereocenters. The smallest absolute Gasteiger partial charge is 0.349 e. The van der Waals surface area contributed by atoms with Gasteiger partial charge in [0.2, 0.25) is 0 Å². The van der Waals surface area contributed by atoms with Gasteiger partial charge in [-0.15, -0.1) is 11.8 Å². The fraction of sp³-hybridized carbons (Fsp3) is 0.158. The highest BCUT2D eigenvalue weighted by Gasteiger charge is 2.33. The summed E-state index contributed by atoms with van der Waals surface area (Å²) in [5, 5.41) is 11.2. The molecule has 10 heteroatoms. The number of nitro groups is 1. The lowest BCUT2D eigenvalue weighted by Crippen LogP contribution is -2.33. The minimum absolute atomic E-state index is 0.0130. The molecule has 2 aromatic carbocycles. The van der Waals surface area contributed by atoms with E-state index in [2.05, 4.69) is 31.9 Å². The number of carbonyl (C=O) groups is 1. The minimum atomic E-state index is -0.704. The fourth-order valence-electron chi connectivity index (χ4n) is 3.18. The van der Waals surface area contributed by atoms with Crippen LogP contribution >= 0.6 is 43.6 Å². The molecule has 1 aromatic heterocycles. The predicted molar refractivity (Wildman–Crippen MR) is 117 cm³/mol. The largest absolute Gasteiger partial charge is 0.421 e.